The summed E-state index contributed by atoms with van der Waals surface area (Å²) < 4.78 is 27.9. The van der Waals surface area contributed by atoms with Crippen LogP contribution in [-0.4, -0.2) is 14.5 Å². The van der Waals surface area contributed by atoms with Gasteiger partial charge in [-0.25, -0.2) is 13.1 Å². The molecule has 1 aromatic carbocycles. The highest BCUT2D eigenvalue weighted by atomic mass is 32.2. The van der Waals surface area contributed by atoms with Crippen LogP contribution in [0.15, 0.2) is 23.1 Å². The van der Waals surface area contributed by atoms with Crippen LogP contribution >= 0.6 is 0 Å². The Labute approximate surface area is 114 Å². The van der Waals surface area contributed by atoms with Crippen LogP contribution in [0.1, 0.15) is 31.2 Å². The molecule has 0 heterocycles. The molecule has 2 fully saturated rings. The number of nitrogen functional groups attached to an aromatic ring is 1. The first-order chi connectivity index (χ1) is 8.99. The van der Waals surface area contributed by atoms with Crippen molar-refractivity contribution in [1.82, 2.24) is 4.72 Å². The highest BCUT2D eigenvalue weighted by Crippen LogP contribution is 2.45. The van der Waals surface area contributed by atoms with Gasteiger partial charge in [-0.2, -0.15) is 0 Å². The quantitative estimate of drug-likeness (QED) is 0.811. The van der Waals surface area contributed by atoms with Crippen LogP contribution in [0.25, 0.3) is 0 Å². The number of benzene rings is 1. The van der Waals surface area contributed by atoms with E-state index in [9.17, 15) is 8.42 Å². The van der Waals surface area contributed by atoms with Crippen molar-refractivity contribution in [1.29, 1.82) is 0 Å². The minimum atomic E-state index is -3.45. The van der Waals surface area contributed by atoms with Crippen LogP contribution in [-0.2, 0) is 10.0 Å². The van der Waals surface area contributed by atoms with Gasteiger partial charge in [-0.3, -0.25) is 0 Å². The Morgan fingerprint density at radius 3 is 2.32 bits per heavy atom. The number of anilines is 1. The Morgan fingerprint density at radius 1 is 1.21 bits per heavy atom. The van der Waals surface area contributed by atoms with E-state index >= 15 is 0 Å². The third-order valence-electron chi connectivity index (χ3n) is 4.17. The Balaban J connectivity index is 1.87. The molecular weight excluding hydrogens is 260 g/mol. The summed E-state index contributed by atoms with van der Waals surface area (Å²) in [7, 11) is -3.45. The average Bonchev–Trinajstić information content (AvgIpc) is 3.23. The van der Waals surface area contributed by atoms with Gasteiger partial charge in [0.05, 0.1) is 4.90 Å². The smallest absolute Gasteiger partial charge is 0.241 e. The number of nitrogens with two attached hydrogens (primary N) is 1. The Morgan fingerprint density at radius 2 is 1.79 bits per heavy atom. The summed E-state index contributed by atoms with van der Waals surface area (Å²) in [4.78, 5) is 0.318. The fourth-order valence-corrected chi connectivity index (χ4v) is 4.30. The summed E-state index contributed by atoms with van der Waals surface area (Å²) in [6.07, 6.45) is 4.61. The van der Waals surface area contributed by atoms with Crippen molar-refractivity contribution in [3.63, 3.8) is 0 Å². The molecule has 2 saturated carbocycles. The van der Waals surface area contributed by atoms with Gasteiger partial charge in [0.2, 0.25) is 10.0 Å². The molecule has 0 spiro atoms. The van der Waals surface area contributed by atoms with E-state index in [1.54, 1.807) is 25.1 Å². The molecule has 0 aliphatic heterocycles. The first-order valence-corrected chi connectivity index (χ1v) is 8.35. The molecule has 0 atom stereocenters. The lowest BCUT2D eigenvalue weighted by atomic mass is 10.1. The molecule has 2 aliphatic rings. The molecule has 5 heteroatoms. The zero-order valence-electron chi connectivity index (χ0n) is 11.1. The molecule has 2 aliphatic carbocycles. The fraction of sp³-hybridized carbons (Fsp3) is 0.571. The third kappa shape index (κ3) is 2.62. The lowest BCUT2D eigenvalue weighted by Crippen LogP contribution is -2.38. The fourth-order valence-electron chi connectivity index (χ4n) is 2.65. The molecule has 0 unspecified atom stereocenters. The summed E-state index contributed by atoms with van der Waals surface area (Å²) in [5.41, 5.74) is 6.96. The van der Waals surface area contributed by atoms with Gasteiger partial charge in [0.25, 0.3) is 0 Å². The largest absolute Gasteiger partial charge is 0.398 e. The lowest BCUT2D eigenvalue weighted by molar-refractivity contribution is 0.471. The average molecular weight is 280 g/mol. The van der Waals surface area contributed by atoms with E-state index in [4.69, 9.17) is 5.73 Å². The highest BCUT2D eigenvalue weighted by molar-refractivity contribution is 7.89. The number of hydrogen-bond acceptors (Lipinski definition) is 3. The van der Waals surface area contributed by atoms with Crippen LogP contribution in [0.4, 0.5) is 5.69 Å². The van der Waals surface area contributed by atoms with Gasteiger partial charge in [-0.05, 0) is 62.1 Å². The second kappa shape index (κ2) is 4.49. The van der Waals surface area contributed by atoms with Crippen LogP contribution in [0.5, 0.6) is 0 Å². The van der Waals surface area contributed by atoms with E-state index in [1.165, 1.54) is 0 Å². The van der Waals surface area contributed by atoms with Gasteiger partial charge >= 0.3 is 0 Å². The van der Waals surface area contributed by atoms with Crippen LogP contribution < -0.4 is 10.5 Å². The van der Waals surface area contributed by atoms with Crippen LogP contribution in [0, 0.1) is 18.8 Å². The minimum Gasteiger partial charge on any atom is -0.398 e. The molecular formula is C14H20N2O2S. The first-order valence-electron chi connectivity index (χ1n) is 6.86. The molecule has 19 heavy (non-hydrogen) atoms. The highest BCUT2D eigenvalue weighted by Gasteiger charge is 2.43. The van der Waals surface area contributed by atoms with Gasteiger partial charge < -0.3 is 5.73 Å². The van der Waals surface area contributed by atoms with E-state index in [0.29, 0.717) is 28.0 Å². The molecule has 4 nitrogen and oxygen atoms in total. The lowest BCUT2D eigenvalue weighted by Gasteiger charge is -2.19. The van der Waals surface area contributed by atoms with E-state index in [2.05, 4.69) is 4.72 Å². The summed E-state index contributed by atoms with van der Waals surface area (Å²) >= 11 is 0. The van der Waals surface area contributed by atoms with Crippen molar-refractivity contribution in [2.24, 2.45) is 11.8 Å². The zero-order valence-corrected chi connectivity index (χ0v) is 11.9. The maximum Gasteiger partial charge on any atom is 0.241 e. The topological polar surface area (TPSA) is 72.2 Å². The zero-order chi connectivity index (χ0) is 13.6. The van der Waals surface area contributed by atoms with Crippen LogP contribution in [0.2, 0.25) is 0 Å². The van der Waals surface area contributed by atoms with E-state index in [-0.39, 0.29) is 6.04 Å². The van der Waals surface area contributed by atoms with Gasteiger partial charge in [-0.1, -0.05) is 6.07 Å². The van der Waals surface area contributed by atoms with Crippen molar-refractivity contribution in [3.05, 3.63) is 23.8 Å². The molecule has 0 amide bonds. The Kier molecular flexibility index (Phi) is 3.06. The van der Waals surface area contributed by atoms with E-state index in [0.717, 1.165) is 25.7 Å². The second-order valence-corrected chi connectivity index (χ2v) is 7.47. The summed E-state index contributed by atoms with van der Waals surface area (Å²) in [5, 5.41) is 0. The Hall–Kier alpha value is -1.07. The summed E-state index contributed by atoms with van der Waals surface area (Å²) in [6, 6.07) is 5.18. The number of sulfonamides is 1. The van der Waals surface area contributed by atoms with Crippen molar-refractivity contribution in [3.8, 4) is 0 Å². The first kappa shape index (κ1) is 12.9. The third-order valence-corrected chi connectivity index (χ3v) is 5.77. The molecule has 0 aromatic heterocycles. The van der Waals surface area contributed by atoms with Crippen molar-refractivity contribution < 1.29 is 8.42 Å². The predicted octanol–water partition coefficient (Wildman–Crippen LogP) is 2.04. The van der Waals surface area contributed by atoms with Gasteiger partial charge in [-0.15, -0.1) is 0 Å². The van der Waals surface area contributed by atoms with Crippen molar-refractivity contribution >= 4 is 15.7 Å². The number of nitrogens with one attached hydrogen (secondary N) is 1. The van der Waals surface area contributed by atoms with Gasteiger partial charge in [0, 0.05) is 11.7 Å². The van der Waals surface area contributed by atoms with Crippen molar-refractivity contribution in [2.45, 2.75) is 43.5 Å². The maximum absolute atomic E-state index is 12.5. The molecule has 0 bridgehead atoms. The van der Waals surface area contributed by atoms with E-state index in [1.807, 2.05) is 0 Å². The van der Waals surface area contributed by atoms with E-state index < -0.39 is 10.0 Å². The molecule has 104 valence electrons. The minimum absolute atomic E-state index is 0.130. The van der Waals surface area contributed by atoms with Gasteiger partial charge in [0.15, 0.2) is 0 Å². The number of hydrogen-bond donors (Lipinski definition) is 2. The molecule has 0 radical (unpaired) electrons. The summed E-state index contributed by atoms with van der Waals surface area (Å²) in [6.45, 7) is 1.76. The monoisotopic (exact) mass is 280 g/mol. The molecule has 3 rings (SSSR count). The molecule has 0 saturated heterocycles. The molecule has 1 aromatic rings. The normalized spacial score (nSPS) is 19.9. The van der Waals surface area contributed by atoms with Gasteiger partial charge in [0.1, 0.15) is 0 Å². The summed E-state index contributed by atoms with van der Waals surface area (Å²) in [5.74, 6) is 1.09. The van der Waals surface area contributed by atoms with Crippen molar-refractivity contribution in [2.75, 3.05) is 5.73 Å². The second-order valence-electron chi connectivity index (χ2n) is 5.79. The predicted molar refractivity (Wildman–Crippen MR) is 75.1 cm³/mol. The maximum atomic E-state index is 12.5. The van der Waals surface area contributed by atoms with Crippen LogP contribution in [0.3, 0.4) is 0 Å². The SMILES string of the molecule is Cc1c(N)cccc1S(=O)(=O)NC(C1CC1)C1CC1. The standard InChI is InChI=1S/C14H20N2O2S/c1-9-12(15)3-2-4-13(9)19(17,18)16-14(10-5-6-10)11-7-8-11/h2-4,10-11,14,16H,5-8,15H2,1H3. The number of rotatable bonds is 5. The molecule has 3 N–H and O–H groups in total. The Bertz CT molecular complexity index is 577.